The third-order valence-electron chi connectivity index (χ3n) is 4.27. The van der Waals surface area contributed by atoms with Crippen LogP contribution in [0.25, 0.3) is 0 Å². The molecule has 0 aliphatic heterocycles. The van der Waals surface area contributed by atoms with Gasteiger partial charge in [-0.3, -0.25) is 9.48 Å². The number of carbonyl (C=O) groups excluding carboxylic acids is 1. The predicted molar refractivity (Wildman–Crippen MR) is 127 cm³/mol. The lowest BCUT2D eigenvalue weighted by atomic mass is 10.00. The topological polar surface area (TPSA) is 104 Å². The molecule has 0 saturated heterocycles. The smallest absolute Gasteiger partial charge is 0.246 e. The molecule has 2 aromatic rings. The molecule has 1 atom stereocenters. The zero-order valence-electron chi connectivity index (χ0n) is 17.4. The number of aromatic nitrogens is 2. The lowest BCUT2D eigenvalue weighted by Gasteiger charge is -2.23. The molecule has 0 spiro atoms. The van der Waals surface area contributed by atoms with Crippen molar-refractivity contribution in [1.82, 2.24) is 20.4 Å². The molecule has 1 aromatic heterocycles. The van der Waals surface area contributed by atoms with Gasteiger partial charge in [-0.05, 0) is 38.0 Å². The minimum atomic E-state index is -1.12. The first kappa shape index (κ1) is 24.9. The van der Waals surface area contributed by atoms with Crippen LogP contribution in [0.3, 0.4) is 0 Å². The van der Waals surface area contributed by atoms with Gasteiger partial charge >= 0.3 is 0 Å². The van der Waals surface area contributed by atoms with Crippen LogP contribution in [0.4, 0.5) is 5.69 Å². The number of amides is 1. The molecule has 1 aromatic carbocycles. The Morgan fingerprint density at radius 3 is 2.69 bits per heavy atom. The van der Waals surface area contributed by atoms with Gasteiger partial charge in [0, 0.05) is 31.0 Å². The quantitative estimate of drug-likeness (QED) is 0.245. The van der Waals surface area contributed by atoms with E-state index in [1.54, 1.807) is 31.0 Å². The predicted octanol–water partition coefficient (Wildman–Crippen LogP) is 2.00. The van der Waals surface area contributed by atoms with Gasteiger partial charge in [0.15, 0.2) is 5.96 Å². The molecule has 0 fully saturated rings. The highest BCUT2D eigenvalue weighted by atomic mass is 127. The average Bonchev–Trinajstić information content (AvgIpc) is 3.11. The van der Waals surface area contributed by atoms with Gasteiger partial charge in [0.2, 0.25) is 5.91 Å². The fourth-order valence-electron chi connectivity index (χ4n) is 2.62. The van der Waals surface area contributed by atoms with Crippen LogP contribution in [0.2, 0.25) is 0 Å². The van der Waals surface area contributed by atoms with Crippen molar-refractivity contribution in [3.63, 3.8) is 0 Å². The Balaban J connectivity index is 0.00000420. The number of hydrogen-bond donors (Lipinski definition) is 4. The van der Waals surface area contributed by atoms with Crippen LogP contribution < -0.4 is 16.0 Å². The normalized spacial score (nSPS) is 13.2. The molecule has 0 aliphatic rings. The first-order valence-electron chi connectivity index (χ1n) is 9.46. The maximum atomic E-state index is 12.2. The summed E-state index contributed by atoms with van der Waals surface area (Å²) in [5.41, 5.74) is 1.51. The number of aliphatic imine (C=N–C) groups is 1. The third kappa shape index (κ3) is 8.01. The van der Waals surface area contributed by atoms with Gasteiger partial charge in [-0.15, -0.1) is 24.0 Å². The molecular weight excluding hydrogens is 483 g/mol. The summed E-state index contributed by atoms with van der Waals surface area (Å²) in [6, 6.07) is 7.75. The lowest BCUT2D eigenvalue weighted by Crippen LogP contribution is -2.44. The molecule has 0 saturated carbocycles. The molecule has 9 heteroatoms. The Hall–Kier alpha value is -2.14. The molecule has 4 N–H and O–H groups in total. The van der Waals surface area contributed by atoms with E-state index in [-0.39, 0.29) is 43.0 Å². The summed E-state index contributed by atoms with van der Waals surface area (Å²) in [6.45, 7) is 6.55. The van der Waals surface area contributed by atoms with Crippen molar-refractivity contribution in [3.8, 4) is 0 Å². The van der Waals surface area contributed by atoms with E-state index in [4.69, 9.17) is 0 Å². The second-order valence-electron chi connectivity index (χ2n) is 6.83. The fraction of sp³-hybridized carbons (Fsp3) is 0.450. The van der Waals surface area contributed by atoms with Crippen LogP contribution in [-0.4, -0.2) is 46.4 Å². The maximum absolute atomic E-state index is 12.2. The van der Waals surface area contributed by atoms with Gasteiger partial charge in [0.25, 0.3) is 0 Å². The summed E-state index contributed by atoms with van der Waals surface area (Å²) in [5.74, 6) is 0.258. The van der Waals surface area contributed by atoms with Crippen molar-refractivity contribution >= 4 is 41.5 Å². The minimum absolute atomic E-state index is 0. The number of rotatable bonds is 8. The highest BCUT2D eigenvalue weighted by molar-refractivity contribution is 14.0. The van der Waals surface area contributed by atoms with Crippen molar-refractivity contribution in [2.75, 3.05) is 25.0 Å². The van der Waals surface area contributed by atoms with E-state index in [0.717, 1.165) is 17.7 Å². The molecule has 8 nitrogen and oxygen atoms in total. The van der Waals surface area contributed by atoms with Crippen molar-refractivity contribution < 1.29 is 9.90 Å². The van der Waals surface area contributed by atoms with Crippen molar-refractivity contribution in [2.45, 2.75) is 32.8 Å². The lowest BCUT2D eigenvalue weighted by molar-refractivity contribution is -0.114. The summed E-state index contributed by atoms with van der Waals surface area (Å²) >= 11 is 0. The van der Waals surface area contributed by atoms with Gasteiger partial charge in [0.1, 0.15) is 12.1 Å². The largest absolute Gasteiger partial charge is 0.383 e. The molecular formula is C20H31IN6O2. The van der Waals surface area contributed by atoms with Crippen LogP contribution in [0, 0.1) is 0 Å². The van der Waals surface area contributed by atoms with E-state index in [2.05, 4.69) is 33.0 Å². The standard InChI is InChI=1S/C20H30N6O2.HI/c1-5-15-8-7-9-17(10-15)25-18(27)12-22-19(21-6-2)23-14-20(3,28)16-11-24-26(4)13-16;/h7-11,13,28H,5-6,12,14H2,1-4H3,(H,25,27)(H2,21,22,23);1H. The molecule has 1 amide bonds. The van der Waals surface area contributed by atoms with E-state index >= 15 is 0 Å². The van der Waals surface area contributed by atoms with Crippen molar-refractivity contribution in [2.24, 2.45) is 12.0 Å². The van der Waals surface area contributed by atoms with Crippen LogP contribution in [-0.2, 0) is 23.9 Å². The number of hydrogen-bond acceptors (Lipinski definition) is 4. The summed E-state index contributed by atoms with van der Waals surface area (Å²) in [7, 11) is 1.80. The number of nitrogens with one attached hydrogen (secondary N) is 3. The number of aliphatic hydroxyl groups is 1. The van der Waals surface area contributed by atoms with Crippen molar-refractivity contribution in [3.05, 3.63) is 47.8 Å². The van der Waals surface area contributed by atoms with Crippen LogP contribution >= 0.6 is 24.0 Å². The Bertz CT molecular complexity index is 819. The van der Waals surface area contributed by atoms with E-state index < -0.39 is 5.60 Å². The first-order chi connectivity index (χ1) is 13.3. The number of anilines is 1. The van der Waals surface area contributed by atoms with E-state index in [1.165, 1.54) is 0 Å². The number of nitrogens with zero attached hydrogens (tertiary/aromatic N) is 3. The number of benzene rings is 1. The molecule has 160 valence electrons. The Kier molecular flexibility index (Phi) is 10.1. The SMILES string of the molecule is CCNC(=NCC(=O)Nc1cccc(CC)c1)NCC(C)(O)c1cnn(C)c1.I. The Morgan fingerprint density at radius 2 is 2.07 bits per heavy atom. The molecule has 0 radical (unpaired) electrons. The van der Waals surface area contributed by atoms with Crippen LogP contribution in [0.5, 0.6) is 0 Å². The Labute approximate surface area is 189 Å². The van der Waals surface area contributed by atoms with Crippen molar-refractivity contribution in [1.29, 1.82) is 0 Å². The monoisotopic (exact) mass is 514 g/mol. The number of carbonyl (C=O) groups is 1. The number of halogens is 1. The second-order valence-corrected chi connectivity index (χ2v) is 6.83. The summed E-state index contributed by atoms with van der Waals surface area (Å²) in [5, 5.41) is 23.8. The van der Waals surface area contributed by atoms with Gasteiger partial charge in [0.05, 0.1) is 12.7 Å². The van der Waals surface area contributed by atoms with E-state index in [1.807, 2.05) is 31.2 Å². The number of aryl methyl sites for hydroxylation is 2. The minimum Gasteiger partial charge on any atom is -0.383 e. The third-order valence-corrected chi connectivity index (χ3v) is 4.27. The first-order valence-corrected chi connectivity index (χ1v) is 9.46. The fourth-order valence-corrected chi connectivity index (χ4v) is 2.62. The molecule has 2 rings (SSSR count). The highest BCUT2D eigenvalue weighted by Crippen LogP contribution is 2.18. The molecule has 29 heavy (non-hydrogen) atoms. The summed E-state index contributed by atoms with van der Waals surface area (Å²) < 4.78 is 1.64. The van der Waals surface area contributed by atoms with Gasteiger partial charge in [-0.2, -0.15) is 5.10 Å². The maximum Gasteiger partial charge on any atom is 0.246 e. The second kappa shape index (κ2) is 11.8. The van der Waals surface area contributed by atoms with Crippen LogP contribution in [0.1, 0.15) is 31.9 Å². The Morgan fingerprint density at radius 1 is 1.31 bits per heavy atom. The van der Waals surface area contributed by atoms with E-state index in [9.17, 15) is 9.90 Å². The zero-order chi connectivity index (χ0) is 20.6. The van der Waals surface area contributed by atoms with Crippen LogP contribution in [0.15, 0.2) is 41.7 Å². The molecule has 0 aliphatic carbocycles. The molecule has 1 unspecified atom stereocenters. The van der Waals surface area contributed by atoms with Gasteiger partial charge in [-0.1, -0.05) is 19.1 Å². The summed E-state index contributed by atoms with van der Waals surface area (Å²) in [6.07, 6.45) is 4.31. The average molecular weight is 514 g/mol. The zero-order valence-corrected chi connectivity index (χ0v) is 19.7. The van der Waals surface area contributed by atoms with Gasteiger partial charge in [-0.25, -0.2) is 4.99 Å². The summed E-state index contributed by atoms with van der Waals surface area (Å²) in [4.78, 5) is 16.5. The molecule has 0 bridgehead atoms. The number of guanidine groups is 1. The highest BCUT2D eigenvalue weighted by Gasteiger charge is 2.25. The molecule has 1 heterocycles. The van der Waals surface area contributed by atoms with E-state index in [0.29, 0.717) is 18.1 Å². The van der Waals surface area contributed by atoms with Gasteiger partial charge < -0.3 is 21.1 Å².